The summed E-state index contributed by atoms with van der Waals surface area (Å²) in [5.41, 5.74) is 2.85. The second-order valence-corrected chi connectivity index (χ2v) is 9.14. The fourth-order valence-corrected chi connectivity index (χ4v) is 3.86. The predicted octanol–water partition coefficient (Wildman–Crippen LogP) is 3.64. The molecule has 4 N–H and O–H groups in total. The van der Waals surface area contributed by atoms with Crippen molar-refractivity contribution in [3.63, 3.8) is 0 Å². The average molecular weight is 492 g/mol. The van der Waals surface area contributed by atoms with E-state index >= 15 is 0 Å². The van der Waals surface area contributed by atoms with Crippen molar-refractivity contribution < 1.29 is 4.74 Å². The zero-order chi connectivity index (χ0) is 25.0. The number of pyridine rings is 1. The van der Waals surface area contributed by atoms with Gasteiger partial charge in [0, 0.05) is 17.8 Å². The van der Waals surface area contributed by atoms with Crippen LogP contribution in [0.2, 0.25) is 5.02 Å². The molecule has 4 rings (SSSR count). The molecule has 0 atom stereocenters. The van der Waals surface area contributed by atoms with Gasteiger partial charge in [0.2, 0.25) is 0 Å². The van der Waals surface area contributed by atoms with E-state index in [-0.39, 0.29) is 0 Å². The Morgan fingerprint density at radius 3 is 2.83 bits per heavy atom. The lowest BCUT2D eigenvalue weighted by Crippen LogP contribution is -2.51. The summed E-state index contributed by atoms with van der Waals surface area (Å²) in [4.78, 5) is 15.5. The van der Waals surface area contributed by atoms with E-state index in [4.69, 9.17) is 32.9 Å². The van der Waals surface area contributed by atoms with E-state index in [0.29, 0.717) is 35.3 Å². The Morgan fingerprint density at radius 2 is 2.14 bits per heavy atom. The van der Waals surface area contributed by atoms with E-state index in [1.165, 1.54) is 11.3 Å². The maximum Gasteiger partial charge on any atom is 0.138 e. The van der Waals surface area contributed by atoms with E-state index in [1.807, 2.05) is 38.1 Å². The van der Waals surface area contributed by atoms with Crippen molar-refractivity contribution in [2.45, 2.75) is 32.4 Å². The molecule has 35 heavy (non-hydrogen) atoms. The molecule has 0 radical (unpaired) electrons. The first kappa shape index (κ1) is 24.2. The zero-order valence-electron chi connectivity index (χ0n) is 19.5. The van der Waals surface area contributed by atoms with Crippen molar-refractivity contribution in [1.82, 2.24) is 20.0 Å². The van der Waals surface area contributed by atoms with Crippen LogP contribution in [0.3, 0.4) is 0 Å². The van der Waals surface area contributed by atoms with E-state index in [2.05, 4.69) is 31.2 Å². The van der Waals surface area contributed by atoms with Crippen LogP contribution in [0, 0.1) is 16.7 Å². The standard InChI is InChI=1S/C24H26ClN9O/c1-24(2,34(28)14-27)13-35-18-5-6-22(29-11-18)32-23-19-7-8-33(12-21(19)30-15-31-23)17-4-3-16(10-26)20(25)9-17/h3-6,9,11,14-15,27H,7-8,12-13,28H2,1-2H3,(H,29,30,31,32). The lowest BCUT2D eigenvalue weighted by molar-refractivity contribution is 0.131. The van der Waals surface area contributed by atoms with E-state index in [1.54, 1.807) is 12.3 Å². The van der Waals surface area contributed by atoms with Crippen LogP contribution in [-0.4, -0.2) is 45.0 Å². The maximum absolute atomic E-state index is 9.11. The topological polar surface area (TPSA) is 140 Å². The van der Waals surface area contributed by atoms with Gasteiger partial charge in [0.25, 0.3) is 0 Å². The Bertz CT molecular complexity index is 1260. The fraction of sp³-hybridized carbons (Fsp3) is 0.292. The molecule has 0 unspecified atom stereocenters. The van der Waals surface area contributed by atoms with Gasteiger partial charge in [-0.1, -0.05) is 11.6 Å². The van der Waals surface area contributed by atoms with Gasteiger partial charge in [0.05, 0.1) is 40.9 Å². The Balaban J connectivity index is 1.43. The van der Waals surface area contributed by atoms with Crippen molar-refractivity contribution in [3.8, 4) is 11.8 Å². The van der Waals surface area contributed by atoms with Gasteiger partial charge in [-0.2, -0.15) is 5.26 Å². The zero-order valence-corrected chi connectivity index (χ0v) is 20.3. The van der Waals surface area contributed by atoms with Gasteiger partial charge in [-0.05, 0) is 50.6 Å². The number of nitrogens with zero attached hydrogens (tertiary/aromatic N) is 6. The number of nitrogens with one attached hydrogen (secondary N) is 2. The number of nitriles is 1. The number of halogens is 1. The maximum atomic E-state index is 9.11. The van der Waals surface area contributed by atoms with E-state index in [0.717, 1.165) is 42.1 Å². The third-order valence-corrected chi connectivity index (χ3v) is 6.17. The largest absolute Gasteiger partial charge is 0.489 e. The summed E-state index contributed by atoms with van der Waals surface area (Å²) < 4.78 is 5.79. The first-order valence-electron chi connectivity index (χ1n) is 11.0. The summed E-state index contributed by atoms with van der Waals surface area (Å²) in [6.07, 6.45) is 4.98. The molecular weight excluding hydrogens is 466 g/mol. The normalized spacial score (nSPS) is 12.9. The molecule has 0 fully saturated rings. The Kier molecular flexibility index (Phi) is 7.00. The minimum Gasteiger partial charge on any atom is -0.489 e. The predicted molar refractivity (Wildman–Crippen MR) is 135 cm³/mol. The van der Waals surface area contributed by atoms with Crippen LogP contribution in [0.25, 0.3) is 0 Å². The molecule has 0 bridgehead atoms. The number of hydrazine groups is 1. The molecule has 1 aliphatic rings. The van der Waals surface area contributed by atoms with Gasteiger partial charge in [0.1, 0.15) is 36.4 Å². The monoisotopic (exact) mass is 491 g/mol. The minimum atomic E-state index is -0.532. The summed E-state index contributed by atoms with van der Waals surface area (Å²) in [6, 6.07) is 11.2. The summed E-state index contributed by atoms with van der Waals surface area (Å²) in [5.74, 6) is 7.75. The first-order chi connectivity index (χ1) is 16.8. The Hall–Kier alpha value is -3.94. The molecule has 0 amide bonds. The van der Waals surface area contributed by atoms with Crippen LogP contribution in [0.15, 0.2) is 42.9 Å². The van der Waals surface area contributed by atoms with Crippen molar-refractivity contribution in [1.29, 1.82) is 10.7 Å². The molecule has 2 aromatic heterocycles. The highest BCUT2D eigenvalue weighted by Crippen LogP contribution is 2.30. The lowest BCUT2D eigenvalue weighted by atomic mass is 10.0. The van der Waals surface area contributed by atoms with Gasteiger partial charge in [0.15, 0.2) is 0 Å². The Labute approximate surface area is 208 Å². The van der Waals surface area contributed by atoms with Gasteiger partial charge >= 0.3 is 0 Å². The molecule has 10 nitrogen and oxygen atoms in total. The molecule has 0 saturated heterocycles. The molecule has 3 heterocycles. The molecule has 0 saturated carbocycles. The molecule has 1 aliphatic heterocycles. The second kappa shape index (κ2) is 10.1. The average Bonchev–Trinajstić information content (AvgIpc) is 2.87. The van der Waals surface area contributed by atoms with Crippen LogP contribution in [-0.2, 0) is 13.0 Å². The van der Waals surface area contributed by atoms with Crippen molar-refractivity contribution in [2.24, 2.45) is 5.84 Å². The third kappa shape index (κ3) is 5.42. The highest BCUT2D eigenvalue weighted by atomic mass is 35.5. The molecule has 180 valence electrons. The minimum absolute atomic E-state index is 0.299. The number of aromatic nitrogens is 3. The van der Waals surface area contributed by atoms with Crippen molar-refractivity contribution in [3.05, 3.63) is 64.7 Å². The van der Waals surface area contributed by atoms with E-state index in [9.17, 15) is 0 Å². The van der Waals surface area contributed by atoms with Crippen molar-refractivity contribution >= 4 is 35.3 Å². The number of anilines is 3. The van der Waals surface area contributed by atoms with Gasteiger partial charge in [-0.25, -0.2) is 20.8 Å². The summed E-state index contributed by atoms with van der Waals surface area (Å²) in [6.45, 7) is 5.45. The van der Waals surface area contributed by atoms with Crippen LogP contribution in [0.1, 0.15) is 30.7 Å². The van der Waals surface area contributed by atoms with Gasteiger partial charge < -0.3 is 15.0 Å². The Morgan fingerprint density at radius 1 is 1.31 bits per heavy atom. The smallest absolute Gasteiger partial charge is 0.138 e. The molecule has 3 aromatic rings. The number of fused-ring (bicyclic) bond motifs is 1. The highest BCUT2D eigenvalue weighted by Gasteiger charge is 2.24. The number of ether oxygens (including phenoxy) is 1. The molecule has 0 spiro atoms. The lowest BCUT2D eigenvalue weighted by Gasteiger charge is -2.32. The number of hydrogen-bond acceptors (Lipinski definition) is 9. The SMILES string of the molecule is CC(C)(COc1ccc(Nc2ncnc3c2CCN(c2ccc(C#N)c(Cl)c2)C3)nc1)N(N)C=N. The van der Waals surface area contributed by atoms with Crippen LogP contribution in [0.4, 0.5) is 17.3 Å². The van der Waals surface area contributed by atoms with Crippen LogP contribution < -0.4 is 20.8 Å². The number of hydrogen-bond donors (Lipinski definition) is 3. The van der Waals surface area contributed by atoms with Crippen LogP contribution in [0.5, 0.6) is 5.75 Å². The summed E-state index contributed by atoms with van der Waals surface area (Å²) in [5, 5.41) is 21.4. The van der Waals surface area contributed by atoms with E-state index < -0.39 is 5.54 Å². The van der Waals surface area contributed by atoms with Gasteiger partial charge in [-0.3, -0.25) is 10.4 Å². The molecule has 0 aliphatic carbocycles. The summed E-state index contributed by atoms with van der Waals surface area (Å²) >= 11 is 6.22. The summed E-state index contributed by atoms with van der Waals surface area (Å²) in [7, 11) is 0. The third-order valence-electron chi connectivity index (χ3n) is 5.86. The fourth-order valence-electron chi connectivity index (χ4n) is 3.64. The number of benzene rings is 1. The van der Waals surface area contributed by atoms with Crippen molar-refractivity contribution in [2.75, 3.05) is 23.4 Å². The number of rotatable bonds is 8. The first-order valence-corrected chi connectivity index (χ1v) is 11.4. The van der Waals surface area contributed by atoms with Crippen LogP contribution >= 0.6 is 11.6 Å². The van der Waals surface area contributed by atoms with Gasteiger partial charge in [-0.15, -0.1) is 0 Å². The number of nitrogens with two attached hydrogens (primary N) is 1. The highest BCUT2D eigenvalue weighted by molar-refractivity contribution is 6.32. The molecule has 1 aromatic carbocycles. The second-order valence-electron chi connectivity index (χ2n) is 8.74. The molecular formula is C24H26ClN9O. The molecule has 11 heteroatoms. The quantitative estimate of drug-likeness (QED) is 0.186.